The zero-order chi connectivity index (χ0) is 19.4. The maximum absolute atomic E-state index is 12.4. The second kappa shape index (κ2) is 7.53. The van der Waals surface area contributed by atoms with Crippen molar-refractivity contribution >= 4 is 17.5 Å². The van der Waals surface area contributed by atoms with Gasteiger partial charge in [-0.2, -0.15) is 5.10 Å². The van der Waals surface area contributed by atoms with Gasteiger partial charge in [0.1, 0.15) is 0 Å². The molecule has 6 nitrogen and oxygen atoms in total. The summed E-state index contributed by atoms with van der Waals surface area (Å²) >= 11 is 0. The summed E-state index contributed by atoms with van der Waals surface area (Å²) in [5.74, 6) is -0.953. The van der Waals surface area contributed by atoms with Crippen LogP contribution in [0.2, 0.25) is 0 Å². The van der Waals surface area contributed by atoms with E-state index in [4.69, 9.17) is 0 Å². The number of rotatable bonds is 5. The van der Waals surface area contributed by atoms with Crippen LogP contribution in [0, 0.1) is 0 Å². The number of carbonyl (C=O) groups excluding carboxylic acids is 2. The smallest absolute Gasteiger partial charge is 0.297 e. The lowest BCUT2D eigenvalue weighted by molar-refractivity contribution is -0.112. The predicted molar refractivity (Wildman–Crippen MR) is 104 cm³/mol. The Morgan fingerprint density at radius 1 is 1.07 bits per heavy atom. The summed E-state index contributed by atoms with van der Waals surface area (Å²) in [6.07, 6.45) is 5.20. The monoisotopic (exact) mass is 362 g/mol. The zero-order valence-corrected chi connectivity index (χ0v) is 15.6. The average molecular weight is 362 g/mol. The van der Waals surface area contributed by atoms with Crippen molar-refractivity contribution < 1.29 is 9.59 Å². The van der Waals surface area contributed by atoms with Crippen molar-refractivity contribution in [2.24, 2.45) is 0 Å². The molecule has 0 saturated heterocycles. The number of ketones is 1. The minimum atomic E-state index is -0.704. The highest BCUT2D eigenvalue weighted by molar-refractivity contribution is 6.46. The van der Waals surface area contributed by atoms with Crippen LogP contribution in [0.15, 0.2) is 61.1 Å². The summed E-state index contributed by atoms with van der Waals surface area (Å²) in [5.41, 5.74) is 2.45. The van der Waals surface area contributed by atoms with E-state index in [1.807, 2.05) is 24.3 Å². The highest BCUT2D eigenvalue weighted by Gasteiger charge is 2.19. The molecule has 0 fully saturated rings. The van der Waals surface area contributed by atoms with Crippen molar-refractivity contribution in [2.45, 2.75) is 32.7 Å². The molecule has 0 aliphatic heterocycles. The van der Waals surface area contributed by atoms with Gasteiger partial charge in [-0.15, -0.1) is 0 Å². The van der Waals surface area contributed by atoms with Crippen LogP contribution in [0.4, 0.5) is 5.82 Å². The number of hydrogen-bond acceptors (Lipinski definition) is 4. The van der Waals surface area contributed by atoms with Crippen LogP contribution in [0.25, 0.3) is 0 Å². The number of aromatic nitrogens is 3. The molecule has 0 aliphatic carbocycles. The SMILES string of the molecule is CC(C)(C)c1ccc(C(=O)C(=O)Nc2ccn(Cc3cccnc3)n2)cc1. The molecule has 2 aromatic heterocycles. The Morgan fingerprint density at radius 3 is 2.44 bits per heavy atom. The fraction of sp³-hybridized carbons (Fsp3) is 0.238. The quantitative estimate of drug-likeness (QED) is 0.557. The third-order valence-corrected chi connectivity index (χ3v) is 4.17. The van der Waals surface area contributed by atoms with Crippen LogP contribution in [-0.2, 0) is 16.8 Å². The van der Waals surface area contributed by atoms with E-state index in [0.29, 0.717) is 17.9 Å². The largest absolute Gasteiger partial charge is 0.302 e. The lowest BCUT2D eigenvalue weighted by atomic mass is 9.86. The fourth-order valence-corrected chi connectivity index (χ4v) is 2.62. The summed E-state index contributed by atoms with van der Waals surface area (Å²) in [7, 11) is 0. The molecule has 0 radical (unpaired) electrons. The summed E-state index contributed by atoms with van der Waals surface area (Å²) in [4.78, 5) is 28.7. The van der Waals surface area contributed by atoms with E-state index >= 15 is 0 Å². The highest BCUT2D eigenvalue weighted by Crippen LogP contribution is 2.22. The first kappa shape index (κ1) is 18.5. The second-order valence-corrected chi connectivity index (χ2v) is 7.37. The van der Waals surface area contributed by atoms with E-state index in [1.165, 1.54) is 0 Å². The Balaban J connectivity index is 1.64. The van der Waals surface area contributed by atoms with Crippen LogP contribution < -0.4 is 5.32 Å². The van der Waals surface area contributed by atoms with Crippen LogP contribution >= 0.6 is 0 Å². The van der Waals surface area contributed by atoms with Gasteiger partial charge < -0.3 is 5.32 Å². The second-order valence-electron chi connectivity index (χ2n) is 7.37. The van der Waals surface area contributed by atoms with Crippen molar-refractivity contribution in [1.29, 1.82) is 0 Å². The number of benzene rings is 1. The van der Waals surface area contributed by atoms with Gasteiger partial charge in [0.05, 0.1) is 6.54 Å². The predicted octanol–water partition coefficient (Wildman–Crippen LogP) is 3.45. The minimum absolute atomic E-state index is 0.00899. The average Bonchev–Trinajstić information content (AvgIpc) is 3.08. The first-order valence-electron chi connectivity index (χ1n) is 8.71. The molecular weight excluding hydrogens is 340 g/mol. The van der Waals surface area contributed by atoms with E-state index in [1.54, 1.807) is 41.5 Å². The third-order valence-electron chi connectivity index (χ3n) is 4.17. The van der Waals surface area contributed by atoms with Gasteiger partial charge in [-0.25, -0.2) is 0 Å². The topological polar surface area (TPSA) is 76.9 Å². The normalized spacial score (nSPS) is 11.2. The van der Waals surface area contributed by atoms with Crippen molar-refractivity contribution in [3.05, 3.63) is 77.7 Å². The highest BCUT2D eigenvalue weighted by atomic mass is 16.2. The molecule has 27 heavy (non-hydrogen) atoms. The molecule has 0 saturated carbocycles. The van der Waals surface area contributed by atoms with E-state index in [9.17, 15) is 9.59 Å². The number of pyridine rings is 1. The number of anilines is 1. The Labute approximate surface area is 158 Å². The molecule has 0 bridgehead atoms. The standard InChI is InChI=1S/C21H22N4O2/c1-21(2,3)17-8-6-16(7-9-17)19(26)20(27)23-18-10-12-25(24-18)14-15-5-4-11-22-13-15/h4-13H,14H2,1-3H3,(H,23,24,27). The van der Waals surface area contributed by atoms with Crippen LogP contribution in [-0.4, -0.2) is 26.5 Å². The molecule has 6 heteroatoms. The first-order chi connectivity index (χ1) is 12.8. The number of hydrogen-bond donors (Lipinski definition) is 1. The van der Waals surface area contributed by atoms with E-state index < -0.39 is 11.7 Å². The maximum atomic E-state index is 12.4. The van der Waals surface area contributed by atoms with Crippen LogP contribution in [0.1, 0.15) is 42.3 Å². The Morgan fingerprint density at radius 2 is 1.81 bits per heavy atom. The Kier molecular flexibility index (Phi) is 5.16. The Hall–Kier alpha value is -3.28. The minimum Gasteiger partial charge on any atom is -0.302 e. The van der Waals surface area contributed by atoms with Crippen molar-refractivity contribution in [3.8, 4) is 0 Å². The number of carbonyl (C=O) groups is 2. The van der Waals surface area contributed by atoms with E-state index in [0.717, 1.165) is 11.1 Å². The van der Waals surface area contributed by atoms with Gasteiger partial charge >= 0.3 is 0 Å². The van der Waals surface area contributed by atoms with Gasteiger partial charge in [0, 0.05) is 30.2 Å². The summed E-state index contributed by atoms with van der Waals surface area (Å²) in [6, 6.07) is 12.6. The van der Waals surface area contributed by atoms with E-state index in [2.05, 4.69) is 36.2 Å². The van der Waals surface area contributed by atoms with Crippen molar-refractivity contribution in [2.75, 3.05) is 5.32 Å². The lowest BCUT2D eigenvalue weighted by Crippen LogP contribution is -2.23. The lowest BCUT2D eigenvalue weighted by Gasteiger charge is -2.18. The molecule has 3 rings (SSSR count). The van der Waals surface area contributed by atoms with Crippen molar-refractivity contribution in [1.82, 2.24) is 14.8 Å². The molecule has 1 N–H and O–H groups in total. The van der Waals surface area contributed by atoms with Gasteiger partial charge in [0.25, 0.3) is 11.7 Å². The van der Waals surface area contributed by atoms with Crippen LogP contribution in [0.3, 0.4) is 0 Å². The van der Waals surface area contributed by atoms with Gasteiger partial charge in [0.15, 0.2) is 5.82 Å². The molecule has 138 valence electrons. The van der Waals surface area contributed by atoms with Gasteiger partial charge in [-0.05, 0) is 22.6 Å². The summed E-state index contributed by atoms with van der Waals surface area (Å²) in [5, 5.41) is 6.83. The van der Waals surface area contributed by atoms with E-state index in [-0.39, 0.29) is 5.41 Å². The van der Waals surface area contributed by atoms with Gasteiger partial charge in [0.2, 0.25) is 0 Å². The number of nitrogens with zero attached hydrogens (tertiary/aromatic N) is 3. The number of amides is 1. The molecule has 3 aromatic rings. The number of Topliss-reactive ketones (excluding diaryl/α,β-unsaturated/α-hetero) is 1. The Bertz CT molecular complexity index is 938. The summed E-state index contributed by atoms with van der Waals surface area (Å²) in [6.45, 7) is 6.82. The van der Waals surface area contributed by atoms with Gasteiger partial charge in [-0.1, -0.05) is 51.1 Å². The molecule has 0 atom stereocenters. The first-order valence-corrected chi connectivity index (χ1v) is 8.71. The maximum Gasteiger partial charge on any atom is 0.297 e. The molecule has 1 amide bonds. The molecule has 0 aliphatic rings. The number of nitrogens with one attached hydrogen (secondary N) is 1. The molecule has 2 heterocycles. The fourth-order valence-electron chi connectivity index (χ4n) is 2.62. The molecular formula is C21H22N4O2. The van der Waals surface area contributed by atoms with Crippen LogP contribution in [0.5, 0.6) is 0 Å². The zero-order valence-electron chi connectivity index (χ0n) is 15.6. The third kappa shape index (κ3) is 4.67. The molecule has 0 unspecified atom stereocenters. The van der Waals surface area contributed by atoms with Gasteiger partial charge in [-0.3, -0.25) is 19.3 Å². The molecule has 0 spiro atoms. The summed E-state index contributed by atoms with van der Waals surface area (Å²) < 4.78 is 1.68. The van der Waals surface area contributed by atoms with Crippen molar-refractivity contribution in [3.63, 3.8) is 0 Å². The molecule has 1 aromatic carbocycles.